The minimum atomic E-state index is -0.662. The summed E-state index contributed by atoms with van der Waals surface area (Å²) in [6, 6.07) is 6.85. The van der Waals surface area contributed by atoms with Gasteiger partial charge >= 0.3 is 0 Å². The molecule has 0 radical (unpaired) electrons. The van der Waals surface area contributed by atoms with Crippen LogP contribution in [0, 0.1) is 0 Å². The molecule has 78 valence electrons. The van der Waals surface area contributed by atoms with Crippen molar-refractivity contribution in [2.45, 2.75) is 12.6 Å². The molecule has 0 bridgehead atoms. The van der Waals surface area contributed by atoms with Crippen LogP contribution in [-0.2, 0) is 4.79 Å². The van der Waals surface area contributed by atoms with E-state index in [-0.39, 0.29) is 12.3 Å². The van der Waals surface area contributed by atoms with E-state index in [2.05, 4.69) is 5.32 Å². The van der Waals surface area contributed by atoms with Crippen LogP contribution in [0.2, 0.25) is 0 Å². The number of amides is 2. The second-order valence-corrected chi connectivity index (χ2v) is 3.25. The number of benzene rings is 1. The smallest absolute Gasteiger partial charge is 0.257 e. The molecule has 1 aliphatic heterocycles. The van der Waals surface area contributed by atoms with Crippen molar-refractivity contribution in [1.29, 1.82) is 0 Å². The van der Waals surface area contributed by atoms with Crippen molar-refractivity contribution in [3.8, 4) is 5.75 Å². The summed E-state index contributed by atoms with van der Waals surface area (Å²) in [4.78, 5) is 22.2. The monoisotopic (exact) mass is 206 g/mol. The second-order valence-electron chi connectivity index (χ2n) is 3.25. The highest BCUT2D eigenvalue weighted by molar-refractivity contribution is 5.98. The topological polar surface area (TPSA) is 81.4 Å². The Morgan fingerprint density at radius 1 is 1.47 bits per heavy atom. The van der Waals surface area contributed by atoms with Crippen LogP contribution in [0.5, 0.6) is 5.75 Å². The van der Waals surface area contributed by atoms with Gasteiger partial charge in [-0.3, -0.25) is 9.59 Å². The first-order valence-corrected chi connectivity index (χ1v) is 4.51. The maximum atomic E-state index is 11.5. The average Bonchev–Trinajstić information content (AvgIpc) is 2.16. The van der Waals surface area contributed by atoms with Crippen molar-refractivity contribution >= 4 is 11.8 Å². The Kier molecular flexibility index (Phi) is 2.29. The molecule has 5 nitrogen and oxygen atoms in total. The largest absolute Gasteiger partial charge is 0.469 e. The Labute approximate surface area is 86.2 Å². The number of ether oxygens (including phenoxy) is 1. The number of nitrogens with one attached hydrogen (secondary N) is 1. The molecule has 1 aromatic carbocycles. The van der Waals surface area contributed by atoms with Crippen molar-refractivity contribution in [2.75, 3.05) is 0 Å². The van der Waals surface area contributed by atoms with Gasteiger partial charge in [-0.05, 0) is 12.1 Å². The van der Waals surface area contributed by atoms with Gasteiger partial charge in [0.05, 0.1) is 12.0 Å². The number of carbonyl (C=O) groups is 2. The molecule has 1 atom stereocenters. The third-order valence-electron chi connectivity index (χ3n) is 2.08. The fourth-order valence-electron chi connectivity index (χ4n) is 1.44. The summed E-state index contributed by atoms with van der Waals surface area (Å²) in [5, 5.41) is 2.54. The predicted octanol–water partition coefficient (Wildman–Crippen LogP) is 0.0103. The lowest BCUT2D eigenvalue weighted by molar-refractivity contribution is -0.119. The molecule has 1 aliphatic rings. The van der Waals surface area contributed by atoms with Gasteiger partial charge in [0.15, 0.2) is 6.23 Å². The number of rotatable bonds is 2. The maximum absolute atomic E-state index is 11.5. The van der Waals surface area contributed by atoms with Gasteiger partial charge in [-0.25, -0.2) is 0 Å². The van der Waals surface area contributed by atoms with E-state index in [1.807, 2.05) is 0 Å². The van der Waals surface area contributed by atoms with E-state index in [1.54, 1.807) is 24.3 Å². The van der Waals surface area contributed by atoms with Crippen LogP contribution < -0.4 is 15.8 Å². The van der Waals surface area contributed by atoms with E-state index in [1.165, 1.54) is 0 Å². The lowest BCUT2D eigenvalue weighted by Crippen LogP contribution is -2.45. The molecule has 1 heterocycles. The van der Waals surface area contributed by atoms with Gasteiger partial charge in [0.25, 0.3) is 5.91 Å². The molecule has 2 amide bonds. The molecular weight excluding hydrogens is 196 g/mol. The Hall–Kier alpha value is -2.04. The number of fused-ring (bicyclic) bond motifs is 1. The van der Waals surface area contributed by atoms with Crippen molar-refractivity contribution in [3.63, 3.8) is 0 Å². The molecule has 5 heteroatoms. The Morgan fingerprint density at radius 3 is 2.93 bits per heavy atom. The molecule has 2 rings (SSSR count). The normalized spacial score (nSPS) is 18.7. The van der Waals surface area contributed by atoms with Crippen LogP contribution in [0.4, 0.5) is 0 Å². The zero-order chi connectivity index (χ0) is 10.8. The van der Waals surface area contributed by atoms with Gasteiger partial charge in [0.1, 0.15) is 5.75 Å². The highest BCUT2D eigenvalue weighted by Gasteiger charge is 2.25. The SMILES string of the molecule is NC(=O)CC1NC(=O)c2ccccc2O1. The summed E-state index contributed by atoms with van der Waals surface area (Å²) in [6.07, 6.45) is -0.690. The number of primary amides is 1. The maximum Gasteiger partial charge on any atom is 0.257 e. The molecule has 0 aromatic heterocycles. The van der Waals surface area contributed by atoms with Crippen LogP contribution in [0.1, 0.15) is 16.8 Å². The Balaban J connectivity index is 2.23. The van der Waals surface area contributed by atoms with Crippen LogP contribution in [0.25, 0.3) is 0 Å². The van der Waals surface area contributed by atoms with Gasteiger partial charge in [-0.15, -0.1) is 0 Å². The molecule has 1 unspecified atom stereocenters. The molecule has 0 saturated heterocycles. The summed E-state index contributed by atoms with van der Waals surface area (Å²) >= 11 is 0. The summed E-state index contributed by atoms with van der Waals surface area (Å²) in [5.74, 6) is -0.282. The van der Waals surface area contributed by atoms with Crippen LogP contribution in [-0.4, -0.2) is 18.0 Å². The Morgan fingerprint density at radius 2 is 2.20 bits per heavy atom. The summed E-state index contributed by atoms with van der Waals surface area (Å²) in [7, 11) is 0. The number of hydrogen-bond acceptors (Lipinski definition) is 3. The fraction of sp³-hybridized carbons (Fsp3) is 0.200. The summed E-state index contributed by atoms with van der Waals surface area (Å²) < 4.78 is 5.38. The zero-order valence-electron chi connectivity index (χ0n) is 7.90. The molecule has 1 aromatic rings. The molecule has 0 aliphatic carbocycles. The first kappa shape index (κ1) is 9.51. The third kappa shape index (κ3) is 1.90. The minimum Gasteiger partial charge on any atom is -0.469 e. The van der Waals surface area contributed by atoms with Crippen molar-refractivity contribution in [2.24, 2.45) is 5.73 Å². The van der Waals surface area contributed by atoms with Gasteiger partial charge in [0.2, 0.25) is 5.91 Å². The highest BCUT2D eigenvalue weighted by atomic mass is 16.5. The molecule has 0 saturated carbocycles. The molecule has 0 fully saturated rings. The summed E-state index contributed by atoms with van der Waals surface area (Å²) in [5.41, 5.74) is 5.49. The van der Waals surface area contributed by atoms with Gasteiger partial charge in [-0.2, -0.15) is 0 Å². The highest BCUT2D eigenvalue weighted by Crippen LogP contribution is 2.23. The molecule has 0 spiro atoms. The van der Waals surface area contributed by atoms with E-state index in [0.29, 0.717) is 11.3 Å². The first-order valence-electron chi connectivity index (χ1n) is 4.51. The van der Waals surface area contributed by atoms with E-state index in [9.17, 15) is 9.59 Å². The zero-order valence-corrected chi connectivity index (χ0v) is 7.90. The summed E-state index contributed by atoms with van der Waals surface area (Å²) in [6.45, 7) is 0. The number of para-hydroxylation sites is 1. The van der Waals surface area contributed by atoms with Crippen LogP contribution in [0.3, 0.4) is 0 Å². The van der Waals surface area contributed by atoms with Crippen molar-refractivity contribution in [1.82, 2.24) is 5.32 Å². The first-order chi connectivity index (χ1) is 7.16. The van der Waals surface area contributed by atoms with E-state index < -0.39 is 12.1 Å². The minimum absolute atomic E-state index is 0.0277. The molecular formula is C10H10N2O3. The van der Waals surface area contributed by atoms with Crippen molar-refractivity contribution < 1.29 is 14.3 Å². The number of carbonyl (C=O) groups excluding carboxylic acids is 2. The second kappa shape index (κ2) is 3.61. The predicted molar refractivity (Wildman–Crippen MR) is 52.1 cm³/mol. The number of nitrogens with two attached hydrogens (primary N) is 1. The van der Waals surface area contributed by atoms with E-state index in [0.717, 1.165) is 0 Å². The van der Waals surface area contributed by atoms with Crippen LogP contribution >= 0.6 is 0 Å². The van der Waals surface area contributed by atoms with Gasteiger partial charge < -0.3 is 15.8 Å². The van der Waals surface area contributed by atoms with E-state index >= 15 is 0 Å². The van der Waals surface area contributed by atoms with E-state index in [4.69, 9.17) is 10.5 Å². The van der Waals surface area contributed by atoms with Gasteiger partial charge in [0, 0.05) is 0 Å². The third-order valence-corrected chi connectivity index (χ3v) is 2.08. The standard InChI is InChI=1S/C10H10N2O3/c11-8(13)5-9-12-10(14)6-3-1-2-4-7(6)15-9/h1-4,9H,5H2,(H2,11,13)(H,12,14). The van der Waals surface area contributed by atoms with Crippen molar-refractivity contribution in [3.05, 3.63) is 29.8 Å². The average molecular weight is 206 g/mol. The van der Waals surface area contributed by atoms with Crippen LogP contribution in [0.15, 0.2) is 24.3 Å². The fourth-order valence-corrected chi connectivity index (χ4v) is 1.44. The molecule has 15 heavy (non-hydrogen) atoms. The Bertz CT molecular complexity index is 417. The molecule has 3 N–H and O–H groups in total. The lowest BCUT2D eigenvalue weighted by Gasteiger charge is -2.25. The lowest BCUT2D eigenvalue weighted by atomic mass is 10.1. The van der Waals surface area contributed by atoms with Gasteiger partial charge in [-0.1, -0.05) is 12.1 Å². The number of hydrogen-bond donors (Lipinski definition) is 2. The quantitative estimate of drug-likeness (QED) is 0.715.